The van der Waals surface area contributed by atoms with Crippen LogP contribution in [0.5, 0.6) is 0 Å². The number of thiophene rings is 1. The zero-order valence-electron chi connectivity index (χ0n) is 13.5. The number of rotatable bonds is 4. The van der Waals surface area contributed by atoms with Gasteiger partial charge in [-0.3, -0.25) is 24.1 Å². The number of carbonyl (C=O) groups excluding carboxylic acids is 4. The van der Waals surface area contributed by atoms with Gasteiger partial charge >= 0.3 is 0 Å². The van der Waals surface area contributed by atoms with Crippen molar-refractivity contribution in [2.45, 2.75) is 19.9 Å². The SMILES string of the molecule is Cc1cc(C(N)=O)c(NC(=O)C(C)N2C(=O)c3ccccc3C2=O)s1. The molecule has 3 N–H and O–H groups in total. The maximum Gasteiger partial charge on any atom is 0.262 e. The molecule has 2 aromatic rings. The Morgan fingerprint density at radius 1 is 1.16 bits per heavy atom. The molecule has 8 heteroatoms. The smallest absolute Gasteiger partial charge is 0.262 e. The van der Waals surface area contributed by atoms with Crippen molar-refractivity contribution in [3.8, 4) is 0 Å². The van der Waals surface area contributed by atoms with E-state index < -0.39 is 29.7 Å². The number of aryl methyl sites for hydroxylation is 1. The van der Waals surface area contributed by atoms with Crippen LogP contribution < -0.4 is 11.1 Å². The van der Waals surface area contributed by atoms with Crippen LogP contribution in [0.25, 0.3) is 0 Å². The molecule has 1 aromatic carbocycles. The number of amides is 4. The molecule has 1 aliphatic rings. The number of nitrogens with one attached hydrogen (secondary N) is 1. The van der Waals surface area contributed by atoms with Crippen LogP contribution >= 0.6 is 11.3 Å². The van der Waals surface area contributed by atoms with E-state index in [4.69, 9.17) is 5.73 Å². The summed E-state index contributed by atoms with van der Waals surface area (Å²) in [5.74, 6) is -2.26. The maximum absolute atomic E-state index is 12.5. The summed E-state index contributed by atoms with van der Waals surface area (Å²) in [5, 5.41) is 2.89. The molecular formula is C17H15N3O4S. The van der Waals surface area contributed by atoms with Crippen LogP contribution in [0, 0.1) is 6.92 Å². The molecule has 128 valence electrons. The first-order valence-corrected chi connectivity index (χ1v) is 8.31. The third-order valence-corrected chi connectivity index (χ3v) is 4.92. The lowest BCUT2D eigenvalue weighted by molar-refractivity contribution is -0.119. The summed E-state index contributed by atoms with van der Waals surface area (Å²) in [4.78, 5) is 50.6. The first kappa shape index (κ1) is 16.8. The number of hydrogen-bond acceptors (Lipinski definition) is 5. The van der Waals surface area contributed by atoms with Crippen LogP contribution in [0.4, 0.5) is 5.00 Å². The van der Waals surface area contributed by atoms with Crippen LogP contribution in [0.2, 0.25) is 0 Å². The standard InChI is InChI=1S/C17H15N3O4S/c1-8-7-12(13(18)21)15(25-8)19-14(22)9(2)20-16(23)10-5-3-4-6-11(10)17(20)24/h3-7,9H,1-2H3,(H2,18,21)(H,19,22). The third-order valence-electron chi connectivity index (χ3n) is 3.95. The zero-order chi connectivity index (χ0) is 18.3. The van der Waals surface area contributed by atoms with Crippen molar-refractivity contribution in [3.05, 3.63) is 51.9 Å². The fourth-order valence-corrected chi connectivity index (χ4v) is 3.60. The molecular weight excluding hydrogens is 342 g/mol. The van der Waals surface area contributed by atoms with E-state index in [9.17, 15) is 19.2 Å². The molecule has 4 amide bonds. The highest BCUT2D eigenvalue weighted by atomic mass is 32.1. The summed E-state index contributed by atoms with van der Waals surface area (Å²) in [7, 11) is 0. The topological polar surface area (TPSA) is 110 Å². The van der Waals surface area contributed by atoms with E-state index in [1.807, 2.05) is 0 Å². The van der Waals surface area contributed by atoms with Crippen molar-refractivity contribution in [2.24, 2.45) is 5.73 Å². The van der Waals surface area contributed by atoms with Crippen molar-refractivity contribution in [1.29, 1.82) is 0 Å². The Labute approximate surface area is 147 Å². The largest absolute Gasteiger partial charge is 0.366 e. The molecule has 0 aliphatic carbocycles. The van der Waals surface area contributed by atoms with E-state index in [0.717, 1.165) is 9.78 Å². The maximum atomic E-state index is 12.5. The monoisotopic (exact) mass is 357 g/mol. The van der Waals surface area contributed by atoms with Crippen molar-refractivity contribution in [2.75, 3.05) is 5.32 Å². The second-order valence-electron chi connectivity index (χ2n) is 5.66. The molecule has 1 unspecified atom stereocenters. The minimum atomic E-state index is -1.03. The summed E-state index contributed by atoms with van der Waals surface area (Å²) in [6, 6.07) is 6.96. The fraction of sp³-hybridized carbons (Fsp3) is 0.176. The molecule has 0 bridgehead atoms. The van der Waals surface area contributed by atoms with Crippen LogP contribution in [0.15, 0.2) is 30.3 Å². The minimum Gasteiger partial charge on any atom is -0.366 e. The lowest BCUT2D eigenvalue weighted by Crippen LogP contribution is -2.45. The van der Waals surface area contributed by atoms with Crippen molar-refractivity contribution in [1.82, 2.24) is 4.90 Å². The van der Waals surface area contributed by atoms with Crippen molar-refractivity contribution in [3.63, 3.8) is 0 Å². The average molecular weight is 357 g/mol. The predicted molar refractivity (Wildman–Crippen MR) is 92.6 cm³/mol. The van der Waals surface area contributed by atoms with Crippen molar-refractivity contribution < 1.29 is 19.2 Å². The quantitative estimate of drug-likeness (QED) is 0.813. The fourth-order valence-electron chi connectivity index (χ4n) is 2.68. The number of primary amides is 1. The number of fused-ring (bicyclic) bond motifs is 1. The second kappa shape index (κ2) is 6.14. The summed E-state index contributed by atoms with van der Waals surface area (Å²) >= 11 is 1.20. The minimum absolute atomic E-state index is 0.199. The van der Waals surface area contributed by atoms with Crippen LogP contribution in [0.1, 0.15) is 42.9 Å². The molecule has 1 atom stereocenters. The summed E-state index contributed by atoms with van der Waals surface area (Å²) in [6.07, 6.45) is 0. The molecule has 1 aliphatic heterocycles. The van der Waals surface area contributed by atoms with Gasteiger partial charge in [0.25, 0.3) is 17.7 Å². The van der Waals surface area contributed by atoms with E-state index >= 15 is 0 Å². The number of carbonyl (C=O) groups is 4. The van der Waals surface area contributed by atoms with Crippen LogP contribution in [0.3, 0.4) is 0 Å². The van der Waals surface area contributed by atoms with Crippen LogP contribution in [-0.2, 0) is 4.79 Å². The number of imide groups is 1. The van der Waals surface area contributed by atoms with E-state index in [0.29, 0.717) is 5.00 Å². The van der Waals surface area contributed by atoms with Gasteiger partial charge in [-0.15, -0.1) is 11.3 Å². The molecule has 3 rings (SSSR count). The molecule has 0 fully saturated rings. The van der Waals surface area contributed by atoms with Gasteiger partial charge < -0.3 is 11.1 Å². The number of benzene rings is 1. The molecule has 7 nitrogen and oxygen atoms in total. The number of nitrogens with zero attached hydrogens (tertiary/aromatic N) is 1. The number of hydrogen-bond donors (Lipinski definition) is 2. The van der Waals surface area contributed by atoms with Gasteiger partial charge in [-0.25, -0.2) is 0 Å². The highest BCUT2D eigenvalue weighted by Crippen LogP contribution is 2.29. The van der Waals surface area contributed by atoms with Gasteiger partial charge in [0.2, 0.25) is 5.91 Å². The normalized spacial score (nSPS) is 14.4. The van der Waals surface area contributed by atoms with E-state index in [1.54, 1.807) is 37.3 Å². The molecule has 1 aromatic heterocycles. The van der Waals surface area contributed by atoms with E-state index in [-0.39, 0.29) is 16.7 Å². The van der Waals surface area contributed by atoms with Gasteiger partial charge in [0.05, 0.1) is 16.7 Å². The van der Waals surface area contributed by atoms with Gasteiger partial charge in [-0.05, 0) is 32.0 Å². The lowest BCUT2D eigenvalue weighted by atomic mass is 10.1. The van der Waals surface area contributed by atoms with Gasteiger partial charge in [-0.2, -0.15) is 0 Å². The molecule has 0 radical (unpaired) electrons. The highest BCUT2D eigenvalue weighted by Gasteiger charge is 2.40. The first-order chi connectivity index (χ1) is 11.8. The Balaban J connectivity index is 1.84. The highest BCUT2D eigenvalue weighted by molar-refractivity contribution is 7.16. The van der Waals surface area contributed by atoms with Gasteiger partial charge in [0, 0.05) is 4.88 Å². The summed E-state index contributed by atoms with van der Waals surface area (Å²) in [6.45, 7) is 3.24. The van der Waals surface area contributed by atoms with Gasteiger partial charge in [0.1, 0.15) is 11.0 Å². The summed E-state index contributed by atoms with van der Waals surface area (Å²) < 4.78 is 0. The Hall–Kier alpha value is -3.00. The average Bonchev–Trinajstić information content (AvgIpc) is 3.06. The van der Waals surface area contributed by atoms with Crippen molar-refractivity contribution >= 4 is 40.0 Å². The zero-order valence-corrected chi connectivity index (χ0v) is 14.3. The predicted octanol–water partition coefficient (Wildman–Crippen LogP) is 1.78. The second-order valence-corrected chi connectivity index (χ2v) is 6.91. The summed E-state index contributed by atoms with van der Waals surface area (Å²) in [5.41, 5.74) is 6.05. The molecule has 0 saturated heterocycles. The Bertz CT molecular complexity index is 883. The molecule has 0 spiro atoms. The Morgan fingerprint density at radius 3 is 2.24 bits per heavy atom. The number of anilines is 1. The van der Waals surface area contributed by atoms with Crippen LogP contribution in [-0.4, -0.2) is 34.6 Å². The van der Waals surface area contributed by atoms with E-state index in [1.165, 1.54) is 18.3 Å². The first-order valence-electron chi connectivity index (χ1n) is 7.49. The molecule has 0 saturated carbocycles. The van der Waals surface area contributed by atoms with Gasteiger partial charge in [-0.1, -0.05) is 12.1 Å². The molecule has 25 heavy (non-hydrogen) atoms. The number of nitrogens with two attached hydrogens (primary N) is 1. The Morgan fingerprint density at radius 2 is 1.72 bits per heavy atom. The Kier molecular flexibility index (Phi) is 4.13. The molecule has 2 heterocycles. The van der Waals surface area contributed by atoms with E-state index in [2.05, 4.69) is 5.32 Å². The lowest BCUT2D eigenvalue weighted by Gasteiger charge is -2.21. The third kappa shape index (κ3) is 2.80. The van der Waals surface area contributed by atoms with Gasteiger partial charge in [0.15, 0.2) is 0 Å².